The van der Waals surface area contributed by atoms with Gasteiger partial charge in [-0.15, -0.1) is 0 Å². The van der Waals surface area contributed by atoms with Crippen LogP contribution in [0.3, 0.4) is 0 Å². The molecule has 1 aliphatic heterocycles. The van der Waals surface area contributed by atoms with Gasteiger partial charge in [-0.1, -0.05) is 17.7 Å². The minimum Gasteiger partial charge on any atom is -0.355 e. The number of ether oxygens (including phenoxy) is 1. The Morgan fingerprint density at radius 1 is 1.03 bits per heavy atom. The Hall–Kier alpha value is -1.56. The molecule has 1 aromatic rings. The van der Waals surface area contributed by atoms with E-state index in [0.29, 0.717) is 24.3 Å². The number of benzene rings is 1. The van der Waals surface area contributed by atoms with Gasteiger partial charge in [-0.2, -0.15) is 18.2 Å². The quantitative estimate of drug-likeness (QED) is 0.405. The van der Waals surface area contributed by atoms with E-state index in [9.17, 15) is 13.2 Å². The van der Waals surface area contributed by atoms with E-state index in [1.54, 1.807) is 12.1 Å². The van der Waals surface area contributed by atoms with Crippen LogP contribution in [0.1, 0.15) is 63.4 Å². The van der Waals surface area contributed by atoms with Crippen LogP contribution in [0.2, 0.25) is 0 Å². The lowest BCUT2D eigenvalue weighted by Crippen LogP contribution is -2.59. The number of carbonyl (C=O) groups is 1. The smallest absolute Gasteiger partial charge is 0.294 e. The summed E-state index contributed by atoms with van der Waals surface area (Å²) in [5.41, 5.74) is 6.31. The third-order valence-corrected chi connectivity index (χ3v) is 9.77. The zero-order valence-corrected chi connectivity index (χ0v) is 21.7. The highest BCUT2D eigenvalue weighted by molar-refractivity contribution is 7.85. The fourth-order valence-electron chi connectivity index (χ4n) is 7.16. The van der Waals surface area contributed by atoms with Gasteiger partial charge in [0.25, 0.3) is 10.1 Å². The van der Waals surface area contributed by atoms with Crippen LogP contribution in [0.15, 0.2) is 29.2 Å². The van der Waals surface area contributed by atoms with Crippen LogP contribution in [-0.2, 0) is 29.4 Å². The van der Waals surface area contributed by atoms with Crippen LogP contribution in [0.25, 0.3) is 0 Å². The Kier molecular flexibility index (Phi) is 7.21. The highest BCUT2D eigenvalue weighted by Gasteiger charge is 2.66. The second kappa shape index (κ2) is 9.96. The molecule has 6 fully saturated rings. The molecule has 4 bridgehead atoms. The lowest BCUT2D eigenvalue weighted by atomic mass is 9.53. The lowest BCUT2D eigenvalue weighted by molar-refractivity contribution is -0.390. The molecule has 36 heavy (non-hydrogen) atoms. The number of hydrogen-bond donors (Lipinski definition) is 3. The first kappa shape index (κ1) is 26.1. The van der Waals surface area contributed by atoms with Crippen molar-refractivity contribution in [2.75, 3.05) is 13.1 Å². The van der Waals surface area contributed by atoms with E-state index in [1.807, 2.05) is 6.92 Å². The van der Waals surface area contributed by atoms with Crippen LogP contribution < -0.4 is 11.1 Å². The summed E-state index contributed by atoms with van der Waals surface area (Å²) in [5, 5.41) is 2.90. The zero-order chi connectivity index (χ0) is 25.6. The van der Waals surface area contributed by atoms with Gasteiger partial charge in [0, 0.05) is 31.2 Å². The van der Waals surface area contributed by atoms with Crippen molar-refractivity contribution in [1.29, 1.82) is 0 Å². The highest BCUT2D eigenvalue weighted by Crippen LogP contribution is 2.63. The summed E-state index contributed by atoms with van der Waals surface area (Å²) in [4.78, 5) is 23.3. The first-order valence-corrected chi connectivity index (χ1v) is 14.6. The Morgan fingerprint density at radius 2 is 1.61 bits per heavy atom. The Balaban J connectivity index is 0.000000205. The normalized spacial score (nSPS) is 38.7. The molecular weight excluding hydrogens is 484 g/mol. The molecule has 1 heterocycles. The number of rotatable bonds is 4. The van der Waals surface area contributed by atoms with Gasteiger partial charge >= 0.3 is 0 Å². The van der Waals surface area contributed by atoms with Crippen LogP contribution >= 0.6 is 0 Å². The molecule has 7 rings (SSSR count). The molecular formula is C26H38N2O7S. The fraction of sp³-hybridized carbons (Fsp3) is 0.731. The maximum atomic E-state index is 11.3. The number of nitrogens with two attached hydrogens (primary N) is 1. The van der Waals surface area contributed by atoms with Gasteiger partial charge in [-0.25, -0.2) is 0 Å². The number of amides is 1. The van der Waals surface area contributed by atoms with Gasteiger partial charge in [-0.3, -0.25) is 9.35 Å². The molecule has 4 N–H and O–H groups in total. The van der Waals surface area contributed by atoms with Crippen LogP contribution in [0.5, 0.6) is 0 Å². The molecule has 9 nitrogen and oxygen atoms in total. The molecule has 1 saturated heterocycles. The summed E-state index contributed by atoms with van der Waals surface area (Å²) in [6.07, 6.45) is 10.1. The van der Waals surface area contributed by atoms with Gasteiger partial charge in [0.15, 0.2) is 0 Å². The highest BCUT2D eigenvalue weighted by atomic mass is 32.2. The molecule has 2 spiro atoms. The summed E-state index contributed by atoms with van der Waals surface area (Å²) in [7, 11) is -4.02. The molecule has 200 valence electrons. The second-order valence-corrected chi connectivity index (χ2v) is 12.9. The molecule has 6 aliphatic rings. The largest absolute Gasteiger partial charge is 0.355 e. The summed E-state index contributed by atoms with van der Waals surface area (Å²) in [6.45, 7) is 2.60. The summed E-state index contributed by atoms with van der Waals surface area (Å²) < 4.78 is 36.2. The van der Waals surface area contributed by atoms with E-state index >= 15 is 0 Å². The van der Waals surface area contributed by atoms with E-state index < -0.39 is 21.7 Å². The van der Waals surface area contributed by atoms with Crippen LogP contribution in [-0.4, -0.2) is 43.5 Å². The van der Waals surface area contributed by atoms with Crippen LogP contribution in [0.4, 0.5) is 0 Å². The van der Waals surface area contributed by atoms with Crippen molar-refractivity contribution < 1.29 is 32.3 Å². The second-order valence-electron chi connectivity index (χ2n) is 11.4. The topological polar surface area (TPSA) is 137 Å². The molecule has 5 aliphatic carbocycles. The molecule has 5 saturated carbocycles. The Morgan fingerprint density at radius 3 is 2.14 bits per heavy atom. The van der Waals surface area contributed by atoms with E-state index in [-0.39, 0.29) is 17.3 Å². The van der Waals surface area contributed by atoms with Gasteiger partial charge < -0.3 is 15.8 Å². The lowest BCUT2D eigenvalue weighted by Gasteiger charge is -2.57. The number of nitrogens with one attached hydrogen (secondary N) is 1. The Labute approximate surface area is 213 Å². The van der Waals surface area contributed by atoms with Gasteiger partial charge in [0.05, 0.1) is 11.4 Å². The van der Waals surface area contributed by atoms with Crippen molar-refractivity contribution >= 4 is 16.0 Å². The standard InChI is InChI=1S/C19H30N2O4.C7H8O3S/c20-10-17(22)21-11-12-1-3-18(4-2-12)23-19(25-24-18)15-6-13-5-14(8-15)9-16(19)7-13;1-6-2-4-7(5-3-6)11(8,9)10/h12-16H,1-11,20H2,(H,21,22);2-5H,1H3,(H,8,9,10). The average molecular weight is 523 g/mol. The van der Waals surface area contributed by atoms with Crippen molar-refractivity contribution in [1.82, 2.24) is 5.32 Å². The fourth-order valence-corrected chi connectivity index (χ4v) is 7.64. The third-order valence-electron chi connectivity index (χ3n) is 8.90. The summed E-state index contributed by atoms with van der Waals surface area (Å²) in [5.74, 6) is 2.19. The maximum absolute atomic E-state index is 11.3. The van der Waals surface area contributed by atoms with Crippen molar-refractivity contribution in [2.45, 2.75) is 81.2 Å². The SMILES string of the molecule is Cc1ccc(S(=O)(=O)O)cc1.NCC(=O)NCC1CCC2(CC1)OOC1(O2)C2CC3CC(C2)CC1C3. The van der Waals surface area contributed by atoms with Crippen molar-refractivity contribution in [2.24, 2.45) is 35.3 Å². The van der Waals surface area contributed by atoms with Crippen molar-refractivity contribution in [3.63, 3.8) is 0 Å². The van der Waals surface area contributed by atoms with Crippen molar-refractivity contribution in [3.05, 3.63) is 29.8 Å². The molecule has 1 aromatic carbocycles. The third kappa shape index (κ3) is 5.21. The minimum absolute atomic E-state index is 0.0595. The van der Waals surface area contributed by atoms with E-state index in [1.165, 1.54) is 44.2 Å². The van der Waals surface area contributed by atoms with E-state index in [4.69, 9.17) is 24.8 Å². The zero-order valence-electron chi connectivity index (χ0n) is 20.9. The first-order valence-electron chi connectivity index (χ1n) is 13.2. The number of aryl methyl sites for hydroxylation is 1. The van der Waals surface area contributed by atoms with Gasteiger partial charge in [0.2, 0.25) is 17.5 Å². The number of carbonyl (C=O) groups excluding carboxylic acids is 1. The first-order chi connectivity index (χ1) is 17.1. The summed E-state index contributed by atoms with van der Waals surface area (Å²) in [6, 6.07) is 5.99. The average Bonchev–Trinajstić information content (AvgIpc) is 3.21. The van der Waals surface area contributed by atoms with Gasteiger partial charge in [-0.05, 0) is 81.8 Å². The summed E-state index contributed by atoms with van der Waals surface area (Å²) >= 11 is 0. The minimum atomic E-state index is -4.02. The van der Waals surface area contributed by atoms with Crippen molar-refractivity contribution in [3.8, 4) is 0 Å². The molecule has 0 atom stereocenters. The molecule has 0 unspecified atom stereocenters. The monoisotopic (exact) mass is 522 g/mol. The molecule has 10 heteroatoms. The van der Waals surface area contributed by atoms with E-state index in [2.05, 4.69) is 5.32 Å². The Bertz CT molecular complexity index is 1020. The molecule has 0 radical (unpaired) electrons. The molecule has 1 amide bonds. The van der Waals surface area contributed by atoms with Crippen LogP contribution in [0, 0.1) is 36.5 Å². The van der Waals surface area contributed by atoms with Gasteiger partial charge in [0.1, 0.15) is 0 Å². The maximum Gasteiger partial charge on any atom is 0.294 e. The molecule has 0 aromatic heterocycles. The predicted octanol–water partition coefficient (Wildman–Crippen LogP) is 3.32. The van der Waals surface area contributed by atoms with E-state index in [0.717, 1.165) is 43.1 Å². The predicted molar refractivity (Wildman–Crippen MR) is 131 cm³/mol. The number of hydrogen-bond acceptors (Lipinski definition) is 7.